The number of aliphatic imine (C=N–C) groups is 1. The third kappa shape index (κ3) is 5.62. The highest BCUT2D eigenvalue weighted by Crippen LogP contribution is 2.09. The molecule has 2 aromatic rings. The Labute approximate surface area is 136 Å². The largest absolute Gasteiger partial charge is 0.492 e. The molecule has 23 heavy (non-hydrogen) atoms. The number of nitrogens with zero attached hydrogens (tertiary/aromatic N) is 1. The second-order valence-electron chi connectivity index (χ2n) is 5.10. The fraction of sp³-hybridized carbons (Fsp3) is 0.278. The SMILES string of the molecule is CN=C(NCCOc1ccccc1)NCc1ccc(C)c(F)c1. The first-order valence-electron chi connectivity index (χ1n) is 7.56. The Morgan fingerprint density at radius 2 is 1.91 bits per heavy atom. The molecule has 0 aliphatic heterocycles. The third-order valence-corrected chi connectivity index (χ3v) is 3.33. The molecule has 2 N–H and O–H groups in total. The van der Waals surface area contributed by atoms with Gasteiger partial charge in [-0.15, -0.1) is 0 Å². The lowest BCUT2D eigenvalue weighted by atomic mass is 10.1. The van der Waals surface area contributed by atoms with Crippen LogP contribution in [0.2, 0.25) is 0 Å². The summed E-state index contributed by atoms with van der Waals surface area (Å²) < 4.78 is 19.1. The molecule has 0 unspecified atom stereocenters. The first kappa shape index (κ1) is 16.8. The number of benzene rings is 2. The molecule has 0 aromatic heterocycles. The Kier molecular flexibility index (Phi) is 6.41. The van der Waals surface area contributed by atoms with Crippen molar-refractivity contribution in [3.05, 3.63) is 65.5 Å². The number of hydrogen-bond donors (Lipinski definition) is 2. The van der Waals surface area contributed by atoms with Crippen LogP contribution in [-0.2, 0) is 6.54 Å². The van der Waals surface area contributed by atoms with Gasteiger partial charge in [0.1, 0.15) is 18.2 Å². The average Bonchev–Trinajstić information content (AvgIpc) is 2.58. The van der Waals surface area contributed by atoms with Gasteiger partial charge in [0.05, 0.1) is 6.54 Å². The Morgan fingerprint density at radius 3 is 2.61 bits per heavy atom. The minimum atomic E-state index is -0.191. The van der Waals surface area contributed by atoms with Gasteiger partial charge >= 0.3 is 0 Å². The van der Waals surface area contributed by atoms with Gasteiger partial charge in [0.25, 0.3) is 0 Å². The Balaban J connectivity index is 1.72. The maximum atomic E-state index is 13.5. The lowest BCUT2D eigenvalue weighted by Crippen LogP contribution is -2.38. The average molecular weight is 315 g/mol. The molecule has 0 saturated carbocycles. The fourth-order valence-corrected chi connectivity index (χ4v) is 2.01. The molecule has 0 amide bonds. The first-order valence-corrected chi connectivity index (χ1v) is 7.56. The van der Waals surface area contributed by atoms with Crippen molar-refractivity contribution in [2.45, 2.75) is 13.5 Å². The Morgan fingerprint density at radius 1 is 1.13 bits per heavy atom. The molecule has 0 atom stereocenters. The number of rotatable bonds is 6. The van der Waals surface area contributed by atoms with Gasteiger partial charge < -0.3 is 15.4 Å². The number of hydrogen-bond acceptors (Lipinski definition) is 2. The molecule has 0 fully saturated rings. The monoisotopic (exact) mass is 315 g/mol. The summed E-state index contributed by atoms with van der Waals surface area (Å²) >= 11 is 0. The lowest BCUT2D eigenvalue weighted by molar-refractivity contribution is 0.322. The van der Waals surface area contributed by atoms with E-state index in [0.717, 1.165) is 11.3 Å². The van der Waals surface area contributed by atoms with Crippen LogP contribution in [0.25, 0.3) is 0 Å². The summed E-state index contributed by atoms with van der Waals surface area (Å²) in [7, 11) is 1.70. The molecular weight excluding hydrogens is 293 g/mol. The van der Waals surface area contributed by atoms with Crippen LogP contribution in [0.4, 0.5) is 4.39 Å². The van der Waals surface area contributed by atoms with Crippen molar-refractivity contribution in [3.8, 4) is 5.75 Å². The normalized spacial score (nSPS) is 11.2. The molecule has 0 bridgehead atoms. The van der Waals surface area contributed by atoms with Crippen LogP contribution < -0.4 is 15.4 Å². The van der Waals surface area contributed by atoms with Crippen LogP contribution in [0.15, 0.2) is 53.5 Å². The molecule has 0 aliphatic rings. The minimum absolute atomic E-state index is 0.191. The van der Waals surface area contributed by atoms with E-state index in [1.165, 1.54) is 6.07 Å². The number of ether oxygens (including phenoxy) is 1. The van der Waals surface area contributed by atoms with E-state index in [1.807, 2.05) is 36.4 Å². The van der Waals surface area contributed by atoms with Gasteiger partial charge in [0.2, 0.25) is 0 Å². The standard InChI is InChI=1S/C18H22FN3O/c1-14-8-9-15(12-17(14)19)13-22-18(20-2)21-10-11-23-16-6-4-3-5-7-16/h3-9,12H,10-11,13H2,1-2H3,(H2,20,21,22). The molecule has 2 rings (SSSR count). The number of aryl methyl sites for hydroxylation is 1. The maximum absolute atomic E-state index is 13.5. The number of guanidine groups is 1. The highest BCUT2D eigenvalue weighted by molar-refractivity contribution is 5.79. The van der Waals surface area contributed by atoms with E-state index >= 15 is 0 Å². The molecule has 0 spiro atoms. The first-order chi connectivity index (χ1) is 11.2. The summed E-state index contributed by atoms with van der Waals surface area (Å²) in [5, 5.41) is 6.30. The summed E-state index contributed by atoms with van der Waals surface area (Å²) in [5.74, 6) is 1.30. The molecule has 0 heterocycles. The van der Waals surface area contributed by atoms with Gasteiger partial charge in [0.15, 0.2) is 5.96 Å². The van der Waals surface area contributed by atoms with Crippen LogP contribution in [0.1, 0.15) is 11.1 Å². The van der Waals surface area contributed by atoms with E-state index in [-0.39, 0.29) is 5.82 Å². The van der Waals surface area contributed by atoms with Gasteiger partial charge in [-0.2, -0.15) is 0 Å². The zero-order chi connectivity index (χ0) is 16.5. The number of nitrogens with one attached hydrogen (secondary N) is 2. The number of halogens is 1. The molecule has 0 aliphatic carbocycles. The van der Waals surface area contributed by atoms with E-state index in [4.69, 9.17) is 4.74 Å². The van der Waals surface area contributed by atoms with Gasteiger partial charge in [-0.05, 0) is 36.2 Å². The van der Waals surface area contributed by atoms with Crippen LogP contribution in [-0.4, -0.2) is 26.2 Å². The van der Waals surface area contributed by atoms with Crippen molar-refractivity contribution in [2.24, 2.45) is 4.99 Å². The van der Waals surface area contributed by atoms with Crippen LogP contribution in [0, 0.1) is 12.7 Å². The molecule has 0 saturated heterocycles. The van der Waals surface area contributed by atoms with Gasteiger partial charge in [-0.1, -0.05) is 30.3 Å². The second kappa shape index (κ2) is 8.78. The molecular formula is C18H22FN3O. The molecule has 122 valence electrons. The van der Waals surface area contributed by atoms with Crippen molar-refractivity contribution in [1.29, 1.82) is 0 Å². The van der Waals surface area contributed by atoms with Crippen molar-refractivity contribution in [3.63, 3.8) is 0 Å². The summed E-state index contributed by atoms with van der Waals surface area (Å²) in [6.07, 6.45) is 0. The van der Waals surface area contributed by atoms with Crippen molar-refractivity contribution in [1.82, 2.24) is 10.6 Å². The van der Waals surface area contributed by atoms with E-state index in [1.54, 1.807) is 20.0 Å². The van der Waals surface area contributed by atoms with E-state index in [2.05, 4.69) is 15.6 Å². The highest BCUT2D eigenvalue weighted by Gasteiger charge is 2.01. The van der Waals surface area contributed by atoms with Crippen molar-refractivity contribution in [2.75, 3.05) is 20.2 Å². The summed E-state index contributed by atoms with van der Waals surface area (Å²) in [5.41, 5.74) is 1.52. The predicted molar refractivity (Wildman–Crippen MR) is 91.3 cm³/mol. The topological polar surface area (TPSA) is 45.7 Å². The van der Waals surface area contributed by atoms with Crippen molar-refractivity contribution >= 4 is 5.96 Å². The fourth-order valence-electron chi connectivity index (χ4n) is 2.01. The van der Waals surface area contributed by atoms with E-state index in [0.29, 0.717) is 31.2 Å². The Bertz CT molecular complexity index is 644. The molecule has 4 nitrogen and oxygen atoms in total. The van der Waals surface area contributed by atoms with Crippen LogP contribution >= 0.6 is 0 Å². The number of para-hydroxylation sites is 1. The van der Waals surface area contributed by atoms with E-state index in [9.17, 15) is 4.39 Å². The van der Waals surface area contributed by atoms with Gasteiger partial charge in [0, 0.05) is 13.6 Å². The minimum Gasteiger partial charge on any atom is -0.492 e. The third-order valence-electron chi connectivity index (χ3n) is 3.33. The van der Waals surface area contributed by atoms with Gasteiger partial charge in [-0.25, -0.2) is 4.39 Å². The lowest BCUT2D eigenvalue weighted by Gasteiger charge is -2.13. The smallest absolute Gasteiger partial charge is 0.191 e. The second-order valence-corrected chi connectivity index (χ2v) is 5.10. The maximum Gasteiger partial charge on any atom is 0.191 e. The summed E-state index contributed by atoms with van der Waals surface area (Å²) in [4.78, 5) is 4.13. The zero-order valence-electron chi connectivity index (χ0n) is 13.5. The van der Waals surface area contributed by atoms with Crippen LogP contribution in [0.3, 0.4) is 0 Å². The van der Waals surface area contributed by atoms with Gasteiger partial charge in [-0.3, -0.25) is 4.99 Å². The molecule has 2 aromatic carbocycles. The summed E-state index contributed by atoms with van der Waals surface area (Å²) in [6.45, 7) is 3.41. The summed E-state index contributed by atoms with van der Waals surface area (Å²) in [6, 6.07) is 14.9. The molecule has 5 heteroatoms. The van der Waals surface area contributed by atoms with Crippen molar-refractivity contribution < 1.29 is 9.13 Å². The predicted octanol–water partition coefficient (Wildman–Crippen LogP) is 2.88. The van der Waals surface area contributed by atoms with E-state index < -0.39 is 0 Å². The van der Waals surface area contributed by atoms with Crippen LogP contribution in [0.5, 0.6) is 5.75 Å². The highest BCUT2D eigenvalue weighted by atomic mass is 19.1. The zero-order valence-corrected chi connectivity index (χ0v) is 13.5. The molecule has 0 radical (unpaired) electrons. The quantitative estimate of drug-likeness (QED) is 0.489. The Hall–Kier alpha value is -2.56.